The molecular weight excluding hydrogens is 598 g/mol. The van der Waals surface area contributed by atoms with Crippen LogP contribution in [0.1, 0.15) is 58.4 Å². The number of nitrogens with zero attached hydrogens (tertiary/aromatic N) is 3. The van der Waals surface area contributed by atoms with Crippen molar-refractivity contribution in [3.8, 4) is 0 Å². The molecular formula is C36H43N5O6. The van der Waals surface area contributed by atoms with Gasteiger partial charge in [0.15, 0.2) is 6.23 Å². The van der Waals surface area contributed by atoms with Crippen LogP contribution in [-0.4, -0.2) is 70.4 Å². The van der Waals surface area contributed by atoms with Gasteiger partial charge in [0.1, 0.15) is 24.5 Å². The molecule has 2 bridgehead atoms. The second kappa shape index (κ2) is 11.1. The van der Waals surface area contributed by atoms with E-state index in [1.54, 1.807) is 39.8 Å². The number of methoxy groups -OCH3 is 1. The highest BCUT2D eigenvalue weighted by atomic mass is 16.6. The van der Waals surface area contributed by atoms with Gasteiger partial charge in [0.25, 0.3) is 5.91 Å². The molecule has 248 valence electrons. The molecule has 5 heterocycles. The Labute approximate surface area is 275 Å². The van der Waals surface area contributed by atoms with Gasteiger partial charge in [-0.2, -0.15) is 0 Å². The smallest absolute Gasteiger partial charge is 0.408 e. The molecule has 3 aromatic carbocycles. The minimum atomic E-state index is -0.678. The van der Waals surface area contributed by atoms with Crippen LogP contribution in [0.5, 0.6) is 0 Å². The lowest BCUT2D eigenvalue weighted by Gasteiger charge is -2.44. The lowest BCUT2D eigenvalue weighted by atomic mass is 9.97. The first kappa shape index (κ1) is 30.8. The topological polar surface area (TPSA) is 116 Å². The number of rotatable bonds is 4. The normalized spacial score (nSPS) is 21.3. The number of hydrogen-bond donors (Lipinski definition) is 2. The molecule has 0 spiro atoms. The Morgan fingerprint density at radius 2 is 1.66 bits per heavy atom. The minimum absolute atomic E-state index is 0. The van der Waals surface area contributed by atoms with Gasteiger partial charge in [0.05, 0.1) is 33.7 Å². The average Bonchev–Trinajstić information content (AvgIpc) is 3.69. The van der Waals surface area contributed by atoms with Gasteiger partial charge < -0.3 is 38.9 Å². The second-order valence-corrected chi connectivity index (χ2v) is 13.1. The van der Waals surface area contributed by atoms with Gasteiger partial charge in [0.2, 0.25) is 5.91 Å². The Morgan fingerprint density at radius 1 is 1.04 bits per heavy atom. The van der Waals surface area contributed by atoms with Gasteiger partial charge in [0, 0.05) is 51.5 Å². The maximum absolute atomic E-state index is 13.6. The zero-order valence-corrected chi connectivity index (χ0v) is 27.3. The molecule has 2 N–H and O–H groups in total. The minimum Gasteiger partial charge on any atom is -0.444 e. The quantitative estimate of drug-likeness (QED) is 0.225. The van der Waals surface area contributed by atoms with Crippen molar-refractivity contribution in [1.82, 2.24) is 24.7 Å². The highest BCUT2D eigenvalue weighted by Gasteiger charge is 2.48. The van der Waals surface area contributed by atoms with E-state index < -0.39 is 36.3 Å². The van der Waals surface area contributed by atoms with Crippen LogP contribution in [0.15, 0.2) is 61.7 Å². The maximum Gasteiger partial charge on any atom is 0.408 e. The number of nitrogens with one attached hydrogen (secondary N) is 2. The van der Waals surface area contributed by atoms with Crippen LogP contribution < -0.4 is 10.6 Å². The molecule has 8 rings (SSSR count). The van der Waals surface area contributed by atoms with Gasteiger partial charge in [-0.3, -0.25) is 9.59 Å². The fraction of sp³-hybridized carbons (Fsp3) is 0.361. The van der Waals surface area contributed by atoms with Gasteiger partial charge in [-0.25, -0.2) is 4.79 Å². The molecule has 0 aliphatic carbocycles. The largest absolute Gasteiger partial charge is 0.444 e. The van der Waals surface area contributed by atoms with Crippen LogP contribution >= 0.6 is 0 Å². The van der Waals surface area contributed by atoms with E-state index >= 15 is 0 Å². The van der Waals surface area contributed by atoms with Gasteiger partial charge in [-0.1, -0.05) is 36.4 Å². The van der Waals surface area contributed by atoms with Gasteiger partial charge in [-0.05, 0) is 38.5 Å². The number of para-hydroxylation sites is 2. The Bertz CT molecular complexity index is 2120. The fourth-order valence-corrected chi connectivity index (χ4v) is 7.70. The van der Waals surface area contributed by atoms with E-state index in [1.807, 2.05) is 24.3 Å². The van der Waals surface area contributed by atoms with Crippen molar-refractivity contribution < 1.29 is 31.4 Å². The molecule has 0 saturated carbocycles. The summed E-state index contributed by atoms with van der Waals surface area (Å²) < 4.78 is 23.0. The number of fused-ring (bicyclic) bond motifs is 13. The number of aromatic nitrogens is 2. The van der Waals surface area contributed by atoms with Crippen molar-refractivity contribution in [2.24, 2.45) is 0 Å². The predicted molar refractivity (Wildman–Crippen MR) is 184 cm³/mol. The van der Waals surface area contributed by atoms with Gasteiger partial charge in [-0.15, -0.1) is 13.2 Å². The number of carbonyl (C=O) groups is 3. The summed E-state index contributed by atoms with van der Waals surface area (Å²) in [5.41, 5.74) is 4.89. The number of benzene rings is 3. The molecule has 3 aliphatic heterocycles. The molecule has 5 aromatic rings. The van der Waals surface area contributed by atoms with E-state index in [9.17, 15) is 14.4 Å². The molecule has 3 aliphatic rings. The molecule has 1 fully saturated rings. The summed E-state index contributed by atoms with van der Waals surface area (Å²) in [6.07, 6.45) is -1.80. The number of amides is 3. The Hall–Kier alpha value is -4.87. The SMILES string of the molecule is C=C.CO[C@@H]1[C@H](N(C)C(=O)CNC(=O)OC(C)(C)C)C[C@H]2O[C@@H]1n1c3ccccc3c3c4c(c5c6ccccc6n2c5c31)C(=O)NC4.[HH].[HH]. The number of carbonyl (C=O) groups excluding carboxylic acids is 3. The second-order valence-electron chi connectivity index (χ2n) is 13.1. The van der Waals surface area contributed by atoms with Gasteiger partial charge >= 0.3 is 6.09 Å². The van der Waals surface area contributed by atoms with Crippen LogP contribution in [0.3, 0.4) is 0 Å². The van der Waals surface area contributed by atoms with E-state index in [-0.39, 0.29) is 21.2 Å². The monoisotopic (exact) mass is 641 g/mol. The summed E-state index contributed by atoms with van der Waals surface area (Å²) in [7, 11) is 3.38. The first-order chi connectivity index (χ1) is 22.6. The van der Waals surface area contributed by atoms with E-state index in [0.717, 1.165) is 49.2 Å². The fourth-order valence-electron chi connectivity index (χ4n) is 7.70. The maximum atomic E-state index is 13.6. The Kier molecular flexibility index (Phi) is 7.29. The molecule has 3 amide bonds. The third kappa shape index (κ3) is 4.51. The third-order valence-corrected chi connectivity index (χ3v) is 9.44. The summed E-state index contributed by atoms with van der Waals surface area (Å²) in [5, 5.41) is 9.66. The number of ether oxygens (including phenoxy) is 3. The summed E-state index contributed by atoms with van der Waals surface area (Å²) >= 11 is 0. The third-order valence-electron chi connectivity index (χ3n) is 9.44. The van der Waals surface area contributed by atoms with Crippen molar-refractivity contribution >= 4 is 61.5 Å². The van der Waals surface area contributed by atoms with E-state index in [0.29, 0.717) is 18.5 Å². The molecule has 11 nitrogen and oxygen atoms in total. The van der Waals surface area contributed by atoms with Crippen molar-refractivity contribution in [1.29, 1.82) is 0 Å². The predicted octanol–water partition coefficient (Wildman–Crippen LogP) is 6.24. The standard InChI is InChI=1S/C34H35N5O6.C2H4.2H2/c1-34(2,3)45-33(42)36-16-23(40)37(4)22-14-24-38-20-12-8-7-11-18(20)26-27-19(15-35-31(27)41)25-17-10-6-9-13-21(17)39(28(25)29(26)38)32(44-24)30(22)43-5;1-2;;/h6-13,22,24,30,32H,14-16H2,1-5H3,(H,35,41)(H,36,42);1-2H2;2*1H/t22-,24-,30-,32+;;;/m1.../s1. The van der Waals surface area contributed by atoms with Crippen LogP contribution in [0.25, 0.3) is 43.6 Å². The van der Waals surface area contributed by atoms with Crippen molar-refractivity contribution in [2.45, 2.75) is 63.9 Å². The average molecular weight is 642 g/mol. The number of hydrogen-bond acceptors (Lipinski definition) is 6. The summed E-state index contributed by atoms with van der Waals surface area (Å²) in [6.45, 7) is 11.6. The van der Waals surface area contributed by atoms with Crippen molar-refractivity contribution in [3.63, 3.8) is 0 Å². The Morgan fingerprint density at radius 3 is 2.32 bits per heavy atom. The molecule has 4 atom stereocenters. The summed E-state index contributed by atoms with van der Waals surface area (Å²) in [4.78, 5) is 41.1. The highest BCUT2D eigenvalue weighted by Crippen LogP contribution is 2.52. The molecule has 0 radical (unpaired) electrons. The summed E-state index contributed by atoms with van der Waals surface area (Å²) in [5.74, 6) is -0.347. The van der Waals surface area contributed by atoms with Crippen LogP contribution in [0.2, 0.25) is 0 Å². The Balaban J connectivity index is 0.00000115. The van der Waals surface area contributed by atoms with Crippen LogP contribution in [0.4, 0.5) is 4.79 Å². The van der Waals surface area contributed by atoms with Crippen molar-refractivity contribution in [2.75, 3.05) is 20.7 Å². The van der Waals surface area contributed by atoms with Crippen molar-refractivity contribution in [3.05, 3.63) is 72.8 Å². The first-order valence-corrected chi connectivity index (χ1v) is 15.8. The first-order valence-electron chi connectivity index (χ1n) is 15.8. The molecule has 0 unspecified atom stereocenters. The summed E-state index contributed by atoms with van der Waals surface area (Å²) in [6, 6.07) is 15.9. The van der Waals surface area contributed by atoms with E-state index in [1.165, 1.54) is 0 Å². The number of likely N-dealkylation sites (N-methyl/N-ethyl adjacent to an activating group) is 1. The van der Waals surface area contributed by atoms with E-state index in [2.05, 4.69) is 57.2 Å². The highest BCUT2D eigenvalue weighted by molar-refractivity contribution is 6.30. The molecule has 1 saturated heterocycles. The van der Waals surface area contributed by atoms with Crippen LogP contribution in [-0.2, 0) is 25.5 Å². The molecule has 11 heteroatoms. The van der Waals surface area contributed by atoms with Crippen LogP contribution in [0, 0.1) is 0 Å². The van der Waals surface area contributed by atoms with E-state index in [4.69, 9.17) is 14.2 Å². The zero-order chi connectivity index (χ0) is 33.4. The lowest BCUT2D eigenvalue weighted by Crippen LogP contribution is -2.55. The zero-order valence-electron chi connectivity index (χ0n) is 27.3. The number of alkyl carbamates (subject to hydrolysis) is 1. The molecule has 47 heavy (non-hydrogen) atoms. The molecule has 2 aromatic heterocycles. The lowest BCUT2D eigenvalue weighted by molar-refractivity contribution is -0.208.